The molecular weight excluding hydrogens is 428 g/mol. The van der Waals surface area contributed by atoms with Crippen LogP contribution in [0.3, 0.4) is 0 Å². The lowest BCUT2D eigenvalue weighted by Crippen LogP contribution is -2.54. The molecule has 3 rings (SSSR count). The number of sulfonamides is 1. The van der Waals surface area contributed by atoms with Crippen LogP contribution >= 0.6 is 0 Å². The van der Waals surface area contributed by atoms with Crippen molar-refractivity contribution in [1.29, 1.82) is 0 Å². The van der Waals surface area contributed by atoms with E-state index in [4.69, 9.17) is 4.74 Å². The summed E-state index contributed by atoms with van der Waals surface area (Å²) in [6.07, 6.45) is 0. The number of anilines is 1. The molecule has 0 bridgehead atoms. The molecule has 1 fully saturated rings. The zero-order valence-electron chi connectivity index (χ0n) is 17.3. The number of benzene rings is 2. The highest BCUT2D eigenvalue weighted by molar-refractivity contribution is 7.89. The molecule has 0 radical (unpaired) electrons. The molecule has 1 N–H and O–H groups in total. The lowest BCUT2D eigenvalue weighted by molar-refractivity contribution is -0.121. The normalized spacial score (nSPS) is 16.6. The Morgan fingerprint density at radius 2 is 1.65 bits per heavy atom. The first kappa shape index (κ1) is 23.1. The molecule has 1 aliphatic heterocycles. The Hall–Kier alpha value is -2.56. The van der Waals surface area contributed by atoms with Crippen molar-refractivity contribution in [2.24, 2.45) is 0 Å². The van der Waals surface area contributed by atoms with Crippen molar-refractivity contribution in [2.75, 3.05) is 38.1 Å². The molecule has 1 saturated heterocycles. The fourth-order valence-electron chi connectivity index (χ4n) is 3.40. The van der Waals surface area contributed by atoms with Crippen molar-refractivity contribution in [2.45, 2.75) is 24.8 Å². The molecule has 7 nitrogen and oxygen atoms in total. The molecule has 0 spiro atoms. The minimum absolute atomic E-state index is 0.0246. The number of halogens is 2. The van der Waals surface area contributed by atoms with Crippen LogP contribution in [0, 0.1) is 11.6 Å². The Morgan fingerprint density at radius 3 is 2.19 bits per heavy atom. The van der Waals surface area contributed by atoms with Gasteiger partial charge >= 0.3 is 0 Å². The number of hydrogen-bond donors (Lipinski definition) is 1. The maximum Gasteiger partial charge on any atom is 0.249 e. The average molecular weight is 454 g/mol. The smallest absolute Gasteiger partial charge is 0.249 e. The molecule has 31 heavy (non-hydrogen) atoms. The summed E-state index contributed by atoms with van der Waals surface area (Å²) >= 11 is 0. The van der Waals surface area contributed by atoms with E-state index in [1.807, 2.05) is 11.8 Å². The zero-order valence-corrected chi connectivity index (χ0v) is 18.2. The number of ether oxygens (including phenoxy) is 1. The van der Waals surface area contributed by atoms with Gasteiger partial charge in [-0.15, -0.1) is 0 Å². The molecule has 1 unspecified atom stereocenters. The quantitative estimate of drug-likeness (QED) is 0.698. The van der Waals surface area contributed by atoms with Crippen LogP contribution in [0.5, 0.6) is 5.75 Å². The number of hydrogen-bond acceptors (Lipinski definition) is 5. The van der Waals surface area contributed by atoms with Crippen LogP contribution in [0.25, 0.3) is 0 Å². The highest BCUT2D eigenvalue weighted by Crippen LogP contribution is 2.24. The Labute approximate surface area is 180 Å². The third-order valence-corrected chi connectivity index (χ3v) is 7.10. The van der Waals surface area contributed by atoms with Gasteiger partial charge in [-0.1, -0.05) is 6.07 Å². The first-order valence-electron chi connectivity index (χ1n) is 9.96. The summed E-state index contributed by atoms with van der Waals surface area (Å²) in [4.78, 5) is 13.5. The lowest BCUT2D eigenvalue weighted by Gasteiger charge is -2.36. The Bertz CT molecular complexity index is 1000. The van der Waals surface area contributed by atoms with Crippen molar-refractivity contribution in [3.05, 3.63) is 54.1 Å². The van der Waals surface area contributed by atoms with E-state index in [2.05, 4.69) is 5.32 Å². The van der Waals surface area contributed by atoms with E-state index in [9.17, 15) is 22.0 Å². The van der Waals surface area contributed by atoms with Crippen molar-refractivity contribution in [3.8, 4) is 5.75 Å². The van der Waals surface area contributed by atoms with Gasteiger partial charge in [0.05, 0.1) is 12.6 Å². The fourth-order valence-corrected chi connectivity index (χ4v) is 4.93. The number of amides is 1. The number of carbonyl (C=O) groups is 1. The van der Waals surface area contributed by atoms with E-state index in [1.54, 1.807) is 31.2 Å². The van der Waals surface area contributed by atoms with Gasteiger partial charge in [-0.2, -0.15) is 4.31 Å². The zero-order chi connectivity index (χ0) is 22.6. The van der Waals surface area contributed by atoms with Crippen molar-refractivity contribution >= 4 is 21.6 Å². The van der Waals surface area contributed by atoms with Crippen molar-refractivity contribution in [3.63, 3.8) is 0 Å². The molecule has 168 valence electrons. The number of rotatable bonds is 7. The van der Waals surface area contributed by atoms with Crippen molar-refractivity contribution in [1.82, 2.24) is 9.21 Å². The molecule has 2 aromatic carbocycles. The first-order chi connectivity index (χ1) is 14.7. The monoisotopic (exact) mass is 453 g/mol. The van der Waals surface area contributed by atoms with E-state index in [0.717, 1.165) is 22.5 Å². The summed E-state index contributed by atoms with van der Waals surface area (Å²) in [6.45, 7) is 4.72. The van der Waals surface area contributed by atoms with Crippen LogP contribution in [0.2, 0.25) is 0 Å². The summed E-state index contributed by atoms with van der Waals surface area (Å²) in [5, 5.41) is 2.82. The predicted octanol–water partition coefficient (Wildman–Crippen LogP) is 2.70. The molecule has 10 heteroatoms. The van der Waals surface area contributed by atoms with E-state index in [1.165, 1.54) is 0 Å². The van der Waals surface area contributed by atoms with Crippen molar-refractivity contribution < 1.29 is 26.7 Å². The number of carbonyl (C=O) groups excluding carboxylic acids is 1. The SMILES string of the molecule is CCOc1ccc(NC(=O)C(C)N2CCN(S(=O)(=O)c3c(F)cccc3F)CC2)cc1. The summed E-state index contributed by atoms with van der Waals surface area (Å²) in [6, 6.07) is 9.43. The van der Waals surface area contributed by atoms with Crippen LogP contribution in [0.1, 0.15) is 13.8 Å². The van der Waals surface area contributed by atoms with Crippen LogP contribution in [0.15, 0.2) is 47.4 Å². The van der Waals surface area contributed by atoms with Gasteiger partial charge in [0.2, 0.25) is 15.9 Å². The molecule has 2 aromatic rings. The summed E-state index contributed by atoms with van der Waals surface area (Å²) in [5.74, 6) is -1.77. The van der Waals surface area contributed by atoms with Gasteiger partial charge in [0, 0.05) is 31.9 Å². The molecule has 0 aliphatic carbocycles. The van der Waals surface area contributed by atoms with Gasteiger partial charge in [0.1, 0.15) is 17.4 Å². The van der Waals surface area contributed by atoms with Gasteiger partial charge in [-0.25, -0.2) is 17.2 Å². The van der Waals surface area contributed by atoms with Gasteiger partial charge < -0.3 is 10.1 Å². The summed E-state index contributed by atoms with van der Waals surface area (Å²) < 4.78 is 59.7. The molecule has 1 atom stereocenters. The number of piperazine rings is 1. The van der Waals surface area contributed by atoms with Crippen LogP contribution in [-0.4, -0.2) is 62.4 Å². The second kappa shape index (κ2) is 9.71. The molecular formula is C21H25F2N3O4S. The van der Waals surface area contributed by atoms with Crippen LogP contribution in [-0.2, 0) is 14.8 Å². The Kier molecular flexibility index (Phi) is 7.24. The number of nitrogens with one attached hydrogen (secondary N) is 1. The maximum absolute atomic E-state index is 14.0. The van der Waals surface area contributed by atoms with Crippen LogP contribution < -0.4 is 10.1 Å². The third kappa shape index (κ3) is 5.20. The minimum Gasteiger partial charge on any atom is -0.494 e. The van der Waals surface area contributed by atoms with Gasteiger partial charge in [-0.3, -0.25) is 9.69 Å². The number of nitrogens with zero attached hydrogens (tertiary/aromatic N) is 2. The Morgan fingerprint density at radius 1 is 1.06 bits per heavy atom. The van der Waals surface area contributed by atoms with E-state index < -0.39 is 32.6 Å². The maximum atomic E-state index is 14.0. The molecule has 1 aliphatic rings. The molecule has 0 saturated carbocycles. The largest absolute Gasteiger partial charge is 0.494 e. The topological polar surface area (TPSA) is 79.0 Å². The minimum atomic E-state index is -4.31. The predicted molar refractivity (Wildman–Crippen MR) is 112 cm³/mol. The third-order valence-electron chi connectivity index (χ3n) is 5.15. The highest BCUT2D eigenvalue weighted by atomic mass is 32.2. The Balaban J connectivity index is 1.60. The fraction of sp³-hybridized carbons (Fsp3) is 0.381. The second-order valence-corrected chi connectivity index (χ2v) is 8.99. The lowest BCUT2D eigenvalue weighted by atomic mass is 10.2. The molecule has 1 heterocycles. The van der Waals surface area contributed by atoms with Gasteiger partial charge in [0.25, 0.3) is 0 Å². The van der Waals surface area contributed by atoms with E-state index >= 15 is 0 Å². The standard InChI is InChI=1S/C21H25F2N3O4S/c1-3-30-17-9-7-16(8-10-17)24-21(27)15(2)25-11-13-26(14-12-25)31(28,29)20-18(22)5-4-6-19(20)23/h4-10,15H,3,11-14H2,1-2H3,(H,24,27). The van der Waals surface area contributed by atoms with E-state index in [0.29, 0.717) is 18.0 Å². The van der Waals surface area contributed by atoms with Gasteiger partial charge in [-0.05, 0) is 50.2 Å². The molecule has 0 aromatic heterocycles. The molecule has 1 amide bonds. The second-order valence-electron chi connectivity index (χ2n) is 7.11. The summed E-state index contributed by atoms with van der Waals surface area (Å²) in [5.41, 5.74) is 0.622. The average Bonchev–Trinajstić information content (AvgIpc) is 2.74. The summed E-state index contributed by atoms with van der Waals surface area (Å²) in [7, 11) is -4.31. The van der Waals surface area contributed by atoms with Gasteiger partial charge in [0.15, 0.2) is 4.90 Å². The van der Waals surface area contributed by atoms with Crippen LogP contribution in [0.4, 0.5) is 14.5 Å². The first-order valence-corrected chi connectivity index (χ1v) is 11.4. The van der Waals surface area contributed by atoms with E-state index in [-0.39, 0.29) is 32.1 Å². The highest BCUT2D eigenvalue weighted by Gasteiger charge is 2.35.